The summed E-state index contributed by atoms with van der Waals surface area (Å²) in [4.78, 5) is 0. The normalized spacial score (nSPS) is 11.8. The van der Waals surface area contributed by atoms with Crippen LogP contribution in [0, 0.1) is 13.8 Å². The van der Waals surface area contributed by atoms with Crippen LogP contribution in [-0.4, -0.2) is 28.6 Å². The topological polar surface area (TPSA) is 27.7 Å². The van der Waals surface area contributed by atoms with E-state index < -0.39 is 8.80 Å². The third kappa shape index (κ3) is 3.20. The van der Waals surface area contributed by atoms with Gasteiger partial charge in [-0.05, 0) is 45.7 Å². The Balaban J connectivity index is 3.25. The van der Waals surface area contributed by atoms with E-state index in [0.717, 1.165) is 5.19 Å². The molecule has 0 aliphatic heterocycles. The predicted octanol–water partition coefficient (Wildman–Crippen LogP) is 2.56. The molecular formula is C14H24O3Si. The summed E-state index contributed by atoms with van der Waals surface area (Å²) >= 11 is 0. The molecule has 0 aromatic heterocycles. The standard InChI is InChI=1S/C14H24O3Si/c1-6-15-18(16-7-2,17-8-3)14-11-9-10-12(4)13(14)5/h9-11H,6-8H2,1-5H3. The molecule has 3 nitrogen and oxygen atoms in total. The van der Waals surface area contributed by atoms with Gasteiger partial charge in [0.15, 0.2) is 0 Å². The Morgan fingerprint density at radius 2 is 1.39 bits per heavy atom. The van der Waals surface area contributed by atoms with E-state index in [0.29, 0.717) is 19.8 Å². The molecule has 18 heavy (non-hydrogen) atoms. The van der Waals surface area contributed by atoms with Crippen LogP contribution in [0.5, 0.6) is 0 Å². The van der Waals surface area contributed by atoms with E-state index in [1.807, 2.05) is 26.8 Å². The van der Waals surface area contributed by atoms with Crippen LogP contribution in [0.15, 0.2) is 18.2 Å². The zero-order valence-corrected chi connectivity index (χ0v) is 13.1. The molecule has 4 heteroatoms. The first-order chi connectivity index (χ1) is 8.61. The van der Waals surface area contributed by atoms with Crippen molar-refractivity contribution in [1.82, 2.24) is 0 Å². The summed E-state index contributed by atoms with van der Waals surface area (Å²) < 4.78 is 17.8. The van der Waals surface area contributed by atoms with Crippen molar-refractivity contribution in [2.45, 2.75) is 34.6 Å². The van der Waals surface area contributed by atoms with Crippen LogP contribution < -0.4 is 5.19 Å². The van der Waals surface area contributed by atoms with Crippen LogP contribution in [-0.2, 0) is 13.3 Å². The van der Waals surface area contributed by atoms with Crippen LogP contribution in [0.3, 0.4) is 0 Å². The molecule has 0 radical (unpaired) electrons. The molecule has 0 saturated carbocycles. The van der Waals surface area contributed by atoms with E-state index in [1.165, 1.54) is 11.1 Å². The monoisotopic (exact) mass is 268 g/mol. The zero-order chi connectivity index (χ0) is 13.6. The Bertz CT molecular complexity index is 362. The molecule has 1 aromatic rings. The van der Waals surface area contributed by atoms with Gasteiger partial charge in [-0.1, -0.05) is 18.2 Å². The number of rotatable bonds is 7. The lowest BCUT2D eigenvalue weighted by molar-refractivity contribution is 0.0858. The summed E-state index contributed by atoms with van der Waals surface area (Å²) in [7, 11) is -2.75. The highest BCUT2D eigenvalue weighted by Gasteiger charge is 2.44. The second kappa shape index (κ2) is 7.04. The van der Waals surface area contributed by atoms with E-state index in [2.05, 4.69) is 26.0 Å². The van der Waals surface area contributed by atoms with Crippen molar-refractivity contribution < 1.29 is 13.3 Å². The van der Waals surface area contributed by atoms with E-state index in [4.69, 9.17) is 13.3 Å². The van der Waals surface area contributed by atoms with Gasteiger partial charge in [0.1, 0.15) is 0 Å². The molecular weight excluding hydrogens is 244 g/mol. The van der Waals surface area contributed by atoms with Crippen LogP contribution in [0.4, 0.5) is 0 Å². The van der Waals surface area contributed by atoms with Crippen molar-refractivity contribution in [1.29, 1.82) is 0 Å². The van der Waals surface area contributed by atoms with Gasteiger partial charge in [0.25, 0.3) is 0 Å². The molecule has 0 amide bonds. The Hall–Kier alpha value is -0.683. The van der Waals surface area contributed by atoms with E-state index in [-0.39, 0.29) is 0 Å². The first kappa shape index (κ1) is 15.4. The highest BCUT2D eigenvalue weighted by Crippen LogP contribution is 2.15. The van der Waals surface area contributed by atoms with Crippen molar-refractivity contribution in [3.63, 3.8) is 0 Å². The van der Waals surface area contributed by atoms with Crippen molar-refractivity contribution in [2.75, 3.05) is 19.8 Å². The SMILES string of the molecule is CCO[Si](OCC)(OCC)c1cccc(C)c1C. The minimum absolute atomic E-state index is 0.597. The fourth-order valence-corrected chi connectivity index (χ4v) is 4.82. The van der Waals surface area contributed by atoms with E-state index in [1.54, 1.807) is 0 Å². The van der Waals surface area contributed by atoms with Crippen LogP contribution in [0.1, 0.15) is 31.9 Å². The maximum absolute atomic E-state index is 5.93. The Morgan fingerprint density at radius 1 is 0.889 bits per heavy atom. The molecule has 1 rings (SSSR count). The van der Waals surface area contributed by atoms with Gasteiger partial charge in [-0.15, -0.1) is 0 Å². The van der Waals surface area contributed by atoms with Gasteiger partial charge >= 0.3 is 8.80 Å². The molecule has 0 fully saturated rings. The second-order valence-corrected chi connectivity index (χ2v) is 6.62. The van der Waals surface area contributed by atoms with Gasteiger partial charge in [0, 0.05) is 25.0 Å². The predicted molar refractivity (Wildman–Crippen MR) is 76.2 cm³/mol. The van der Waals surface area contributed by atoms with Crippen molar-refractivity contribution in [3.05, 3.63) is 29.3 Å². The maximum atomic E-state index is 5.93. The molecule has 0 bridgehead atoms. The van der Waals surface area contributed by atoms with Gasteiger partial charge < -0.3 is 13.3 Å². The minimum atomic E-state index is -2.75. The third-order valence-corrected chi connectivity index (χ3v) is 6.15. The molecule has 0 aliphatic carbocycles. The molecule has 0 saturated heterocycles. The van der Waals surface area contributed by atoms with Gasteiger partial charge in [0.2, 0.25) is 0 Å². The summed E-state index contributed by atoms with van der Waals surface area (Å²) in [5.74, 6) is 0. The summed E-state index contributed by atoms with van der Waals surface area (Å²) in [6.45, 7) is 11.9. The summed E-state index contributed by atoms with van der Waals surface area (Å²) in [5.41, 5.74) is 2.45. The van der Waals surface area contributed by atoms with Crippen LogP contribution in [0.2, 0.25) is 0 Å². The van der Waals surface area contributed by atoms with Gasteiger partial charge in [-0.3, -0.25) is 0 Å². The highest BCUT2D eigenvalue weighted by molar-refractivity contribution is 6.75. The number of hydrogen-bond donors (Lipinski definition) is 0. The maximum Gasteiger partial charge on any atom is 0.537 e. The van der Waals surface area contributed by atoms with Crippen LogP contribution in [0.25, 0.3) is 0 Å². The second-order valence-electron chi connectivity index (χ2n) is 4.10. The third-order valence-electron chi connectivity index (χ3n) is 2.94. The Kier molecular flexibility index (Phi) is 6.01. The van der Waals surface area contributed by atoms with E-state index >= 15 is 0 Å². The van der Waals surface area contributed by atoms with Crippen LogP contribution >= 0.6 is 0 Å². The largest absolute Gasteiger partial charge is 0.537 e. The average molecular weight is 268 g/mol. The fourth-order valence-electron chi connectivity index (χ4n) is 2.01. The van der Waals surface area contributed by atoms with Gasteiger partial charge in [-0.2, -0.15) is 0 Å². The Morgan fingerprint density at radius 3 is 1.83 bits per heavy atom. The van der Waals surface area contributed by atoms with Crippen molar-refractivity contribution >= 4 is 14.0 Å². The molecule has 0 heterocycles. The molecule has 0 spiro atoms. The van der Waals surface area contributed by atoms with E-state index in [9.17, 15) is 0 Å². The van der Waals surface area contributed by atoms with Gasteiger partial charge in [-0.25, -0.2) is 0 Å². The quantitative estimate of drug-likeness (QED) is 0.711. The van der Waals surface area contributed by atoms with Gasteiger partial charge in [0.05, 0.1) is 0 Å². The Labute approximate surface area is 111 Å². The molecule has 0 unspecified atom stereocenters. The molecule has 0 atom stereocenters. The molecule has 1 aromatic carbocycles. The smallest absolute Gasteiger partial charge is 0.370 e. The first-order valence-electron chi connectivity index (χ1n) is 6.59. The number of hydrogen-bond acceptors (Lipinski definition) is 3. The summed E-state index contributed by atoms with van der Waals surface area (Å²) in [6, 6.07) is 6.20. The summed E-state index contributed by atoms with van der Waals surface area (Å²) in [5, 5.41) is 1.09. The number of benzene rings is 1. The molecule has 102 valence electrons. The molecule has 0 N–H and O–H groups in total. The zero-order valence-electron chi connectivity index (χ0n) is 12.1. The molecule has 0 aliphatic rings. The fraction of sp³-hybridized carbons (Fsp3) is 0.571. The average Bonchev–Trinajstić information content (AvgIpc) is 2.33. The summed E-state index contributed by atoms with van der Waals surface area (Å²) in [6.07, 6.45) is 0. The lowest BCUT2D eigenvalue weighted by Gasteiger charge is -2.30. The number of aryl methyl sites for hydroxylation is 1. The van der Waals surface area contributed by atoms with Crippen molar-refractivity contribution in [3.8, 4) is 0 Å². The lowest BCUT2D eigenvalue weighted by Crippen LogP contribution is -2.58. The first-order valence-corrected chi connectivity index (χ1v) is 8.32. The highest BCUT2D eigenvalue weighted by atomic mass is 28.4. The van der Waals surface area contributed by atoms with Crippen molar-refractivity contribution in [2.24, 2.45) is 0 Å². The minimum Gasteiger partial charge on any atom is -0.370 e. The lowest BCUT2D eigenvalue weighted by atomic mass is 10.1.